The average Bonchev–Trinajstić information content (AvgIpc) is 3.36. The first-order valence-electron chi connectivity index (χ1n) is 12.0. The van der Waals surface area contributed by atoms with Gasteiger partial charge in [-0.1, -0.05) is 48.5 Å². The third-order valence-electron chi connectivity index (χ3n) is 7.78. The van der Waals surface area contributed by atoms with Gasteiger partial charge >= 0.3 is 12.1 Å². The maximum Gasteiger partial charge on any atom is 0.407 e. The first-order chi connectivity index (χ1) is 17.0. The molecule has 0 heterocycles. The monoisotopic (exact) mass is 472 g/mol. The molecular formula is C28H28N2O5. The van der Waals surface area contributed by atoms with Gasteiger partial charge in [0.15, 0.2) is 0 Å². The van der Waals surface area contributed by atoms with E-state index in [0.717, 1.165) is 6.42 Å². The van der Waals surface area contributed by atoms with Crippen LogP contribution in [0, 0.1) is 30.1 Å². The van der Waals surface area contributed by atoms with Crippen LogP contribution in [0.5, 0.6) is 0 Å². The molecule has 2 aromatic carbocycles. The van der Waals surface area contributed by atoms with E-state index in [1.165, 1.54) is 22.3 Å². The number of fused-ring (bicyclic) bond motifs is 4. The molecule has 2 unspecified atom stereocenters. The Kier molecular flexibility index (Phi) is 6.21. The van der Waals surface area contributed by atoms with Crippen molar-refractivity contribution in [3.8, 4) is 23.5 Å². The van der Waals surface area contributed by atoms with Crippen LogP contribution in [-0.2, 0) is 14.3 Å². The van der Waals surface area contributed by atoms with Gasteiger partial charge in [-0.25, -0.2) is 9.59 Å². The third kappa shape index (κ3) is 4.37. The summed E-state index contributed by atoms with van der Waals surface area (Å²) >= 11 is 0. The van der Waals surface area contributed by atoms with Gasteiger partial charge in [0.1, 0.15) is 12.6 Å². The van der Waals surface area contributed by atoms with Crippen molar-refractivity contribution in [1.82, 2.24) is 10.6 Å². The van der Waals surface area contributed by atoms with Crippen LogP contribution in [0.15, 0.2) is 48.5 Å². The summed E-state index contributed by atoms with van der Waals surface area (Å²) in [6.45, 7) is 0.261. The summed E-state index contributed by atoms with van der Waals surface area (Å²) in [4.78, 5) is 36.5. The van der Waals surface area contributed by atoms with Crippen LogP contribution in [0.2, 0.25) is 0 Å². The van der Waals surface area contributed by atoms with E-state index >= 15 is 0 Å². The van der Waals surface area contributed by atoms with E-state index < -0.39 is 18.1 Å². The van der Waals surface area contributed by atoms with E-state index in [4.69, 9.17) is 11.2 Å². The Hall–Kier alpha value is -3.79. The van der Waals surface area contributed by atoms with E-state index in [-0.39, 0.29) is 42.7 Å². The topological polar surface area (TPSA) is 105 Å². The van der Waals surface area contributed by atoms with E-state index in [2.05, 4.69) is 40.8 Å². The number of nitrogens with one attached hydrogen (secondary N) is 2. The number of carbonyl (C=O) groups excluding carboxylic acids is 2. The lowest BCUT2D eigenvalue weighted by Gasteiger charge is -2.40. The van der Waals surface area contributed by atoms with Crippen molar-refractivity contribution in [1.29, 1.82) is 0 Å². The largest absolute Gasteiger partial charge is 0.480 e. The smallest absolute Gasteiger partial charge is 0.407 e. The zero-order valence-electron chi connectivity index (χ0n) is 19.3. The molecule has 0 aliphatic heterocycles. The summed E-state index contributed by atoms with van der Waals surface area (Å²) in [7, 11) is 0. The molecular weight excluding hydrogens is 444 g/mol. The van der Waals surface area contributed by atoms with Gasteiger partial charge in [0.05, 0.1) is 0 Å². The summed E-state index contributed by atoms with van der Waals surface area (Å²) in [5.41, 5.74) is 4.70. The van der Waals surface area contributed by atoms with E-state index in [9.17, 15) is 19.5 Å². The minimum atomic E-state index is -1.13. The van der Waals surface area contributed by atoms with Crippen molar-refractivity contribution < 1.29 is 24.2 Å². The van der Waals surface area contributed by atoms with Crippen LogP contribution in [0.4, 0.5) is 4.79 Å². The van der Waals surface area contributed by atoms with Crippen molar-refractivity contribution in [3.05, 3.63) is 59.7 Å². The van der Waals surface area contributed by atoms with Gasteiger partial charge in [-0.05, 0) is 53.4 Å². The molecule has 5 atom stereocenters. The molecule has 7 heteroatoms. The van der Waals surface area contributed by atoms with Crippen molar-refractivity contribution in [3.63, 3.8) is 0 Å². The fourth-order valence-corrected chi connectivity index (χ4v) is 6.01. The highest BCUT2D eigenvalue weighted by Gasteiger charge is 2.50. The summed E-state index contributed by atoms with van der Waals surface area (Å²) in [6.07, 6.45) is 6.83. The second-order valence-electron chi connectivity index (χ2n) is 9.71. The zero-order valence-corrected chi connectivity index (χ0v) is 19.3. The van der Waals surface area contributed by atoms with Crippen LogP contribution in [0.3, 0.4) is 0 Å². The number of ether oxygens (including phenoxy) is 1. The number of carboxylic acids is 1. The molecule has 2 fully saturated rings. The molecule has 0 saturated heterocycles. The summed E-state index contributed by atoms with van der Waals surface area (Å²) in [5, 5.41) is 14.8. The van der Waals surface area contributed by atoms with Crippen LogP contribution < -0.4 is 10.6 Å². The van der Waals surface area contributed by atoms with Gasteiger partial charge in [0.2, 0.25) is 5.91 Å². The molecule has 2 aromatic rings. The molecule has 5 rings (SSSR count). The van der Waals surface area contributed by atoms with Crippen LogP contribution in [-0.4, -0.2) is 41.8 Å². The van der Waals surface area contributed by atoms with E-state index in [1.54, 1.807) is 0 Å². The predicted octanol–water partition coefficient (Wildman–Crippen LogP) is 3.53. The number of terminal acetylenes is 1. The zero-order chi connectivity index (χ0) is 24.5. The summed E-state index contributed by atoms with van der Waals surface area (Å²) < 4.78 is 5.66. The molecule has 2 saturated carbocycles. The quantitative estimate of drug-likeness (QED) is 0.535. The van der Waals surface area contributed by atoms with Crippen molar-refractivity contribution in [2.24, 2.45) is 17.8 Å². The highest BCUT2D eigenvalue weighted by Crippen LogP contribution is 2.50. The average molecular weight is 473 g/mol. The van der Waals surface area contributed by atoms with Gasteiger partial charge in [0.25, 0.3) is 0 Å². The Morgan fingerprint density at radius 2 is 1.69 bits per heavy atom. The van der Waals surface area contributed by atoms with Gasteiger partial charge < -0.3 is 20.5 Å². The number of benzene rings is 2. The van der Waals surface area contributed by atoms with Crippen molar-refractivity contribution >= 4 is 18.0 Å². The number of amides is 2. The number of carbonyl (C=O) groups is 3. The molecule has 180 valence electrons. The molecule has 2 amide bonds. The standard InChI is InChI=1S/C28H28N2O5/c1-2-7-24(27(32)33)29-26(31)17-12-16-14-25(22(16)13-17)30-28(34)35-15-23-20-10-5-3-8-18(20)19-9-4-6-11-21(19)23/h1,3-6,8-11,16-17,22-25H,7,12-15H2,(H,29,31)(H,30,34)(H,32,33)/t16-,17?,22-,24?,25+/m0/s1. The van der Waals surface area contributed by atoms with Gasteiger partial charge in [0, 0.05) is 24.3 Å². The molecule has 0 spiro atoms. The second-order valence-corrected chi connectivity index (χ2v) is 9.71. The fraction of sp³-hybridized carbons (Fsp3) is 0.393. The maximum absolute atomic E-state index is 12.6. The molecule has 3 aliphatic carbocycles. The minimum Gasteiger partial charge on any atom is -0.480 e. The van der Waals surface area contributed by atoms with Crippen molar-refractivity contribution in [2.75, 3.05) is 6.61 Å². The van der Waals surface area contributed by atoms with Gasteiger partial charge in [-0.15, -0.1) is 12.3 Å². The number of rotatable bonds is 7. The number of aliphatic carboxylic acids is 1. The molecule has 0 bridgehead atoms. The predicted molar refractivity (Wildman–Crippen MR) is 129 cm³/mol. The lowest BCUT2D eigenvalue weighted by atomic mass is 9.71. The fourth-order valence-electron chi connectivity index (χ4n) is 6.01. The minimum absolute atomic E-state index is 0.00652. The second kappa shape index (κ2) is 9.46. The number of alkyl carbamates (subject to hydrolysis) is 1. The van der Waals surface area contributed by atoms with Crippen LogP contribution >= 0.6 is 0 Å². The number of hydrogen-bond donors (Lipinski definition) is 3. The maximum atomic E-state index is 12.6. The van der Waals surface area contributed by atoms with Crippen LogP contribution in [0.25, 0.3) is 11.1 Å². The molecule has 35 heavy (non-hydrogen) atoms. The normalized spacial score (nSPS) is 24.7. The third-order valence-corrected chi connectivity index (χ3v) is 7.78. The van der Waals surface area contributed by atoms with E-state index in [0.29, 0.717) is 18.8 Å². The Balaban J connectivity index is 1.14. The summed E-state index contributed by atoms with van der Waals surface area (Å²) in [5.74, 6) is 1.17. The number of hydrogen-bond acceptors (Lipinski definition) is 4. The highest BCUT2D eigenvalue weighted by atomic mass is 16.5. The lowest BCUT2D eigenvalue weighted by molar-refractivity contribution is -0.142. The highest BCUT2D eigenvalue weighted by molar-refractivity contribution is 5.85. The number of carboxylic acid groups (broad SMARTS) is 1. The summed E-state index contributed by atoms with van der Waals surface area (Å²) in [6, 6.07) is 15.3. The van der Waals surface area contributed by atoms with Gasteiger partial charge in [-0.3, -0.25) is 4.79 Å². The first kappa shape index (κ1) is 23.0. The Morgan fingerprint density at radius 3 is 2.31 bits per heavy atom. The van der Waals surface area contributed by atoms with Crippen LogP contribution in [0.1, 0.15) is 42.7 Å². The molecule has 3 aliphatic rings. The first-order valence-corrected chi connectivity index (χ1v) is 12.0. The molecule has 0 radical (unpaired) electrons. The Morgan fingerprint density at radius 1 is 1.03 bits per heavy atom. The molecule has 3 N–H and O–H groups in total. The van der Waals surface area contributed by atoms with E-state index in [1.807, 2.05) is 24.3 Å². The molecule has 0 aromatic heterocycles. The van der Waals surface area contributed by atoms with Gasteiger partial charge in [-0.2, -0.15) is 0 Å². The Bertz CT molecular complexity index is 1160. The lowest BCUT2D eigenvalue weighted by Crippen LogP contribution is -2.50. The molecule has 7 nitrogen and oxygen atoms in total. The van der Waals surface area contributed by atoms with Crippen molar-refractivity contribution in [2.45, 2.75) is 43.7 Å². The SMILES string of the molecule is C#CCC(NC(=O)C1C[C@H]2C[C@@H](NC(=O)OCC3c4ccccc4-c4ccccc43)[C@H]2C1)C(=O)O. The Labute approximate surface area is 204 Å².